The van der Waals surface area contributed by atoms with E-state index in [2.05, 4.69) is 52.8 Å². The second kappa shape index (κ2) is 4.63. The van der Waals surface area contributed by atoms with Crippen LogP contribution in [0.2, 0.25) is 0 Å². The first-order chi connectivity index (χ1) is 6.50. The SMILES string of the molecule is Cc1ccc(CC(C)C)cc1C(C)C. The maximum Gasteiger partial charge on any atom is -0.0216 e. The quantitative estimate of drug-likeness (QED) is 0.666. The molecule has 0 aliphatic heterocycles. The van der Waals surface area contributed by atoms with Gasteiger partial charge in [0.15, 0.2) is 0 Å². The third-order valence-electron chi connectivity index (χ3n) is 2.61. The van der Waals surface area contributed by atoms with Crippen LogP contribution in [0.25, 0.3) is 0 Å². The molecule has 1 aromatic carbocycles. The van der Waals surface area contributed by atoms with Crippen molar-refractivity contribution in [2.75, 3.05) is 0 Å². The summed E-state index contributed by atoms with van der Waals surface area (Å²) < 4.78 is 0. The summed E-state index contributed by atoms with van der Waals surface area (Å²) in [4.78, 5) is 0. The molecule has 0 N–H and O–H groups in total. The summed E-state index contributed by atoms with van der Waals surface area (Å²) in [5.74, 6) is 1.39. The van der Waals surface area contributed by atoms with Crippen LogP contribution in [0, 0.1) is 12.8 Å². The second-order valence-electron chi connectivity index (χ2n) is 4.94. The molecule has 0 fully saturated rings. The van der Waals surface area contributed by atoms with Crippen molar-refractivity contribution in [3.8, 4) is 0 Å². The number of rotatable bonds is 3. The van der Waals surface area contributed by atoms with E-state index < -0.39 is 0 Å². The van der Waals surface area contributed by atoms with Gasteiger partial charge in [-0.05, 0) is 41.9 Å². The molecule has 0 bridgehead atoms. The van der Waals surface area contributed by atoms with Gasteiger partial charge in [0.05, 0.1) is 0 Å². The van der Waals surface area contributed by atoms with Crippen molar-refractivity contribution in [2.24, 2.45) is 5.92 Å². The molecule has 1 aromatic rings. The average Bonchev–Trinajstić information content (AvgIpc) is 2.07. The van der Waals surface area contributed by atoms with E-state index in [0.717, 1.165) is 5.92 Å². The van der Waals surface area contributed by atoms with Crippen molar-refractivity contribution in [3.63, 3.8) is 0 Å². The Labute approximate surface area is 88.4 Å². The van der Waals surface area contributed by atoms with Gasteiger partial charge in [-0.25, -0.2) is 0 Å². The predicted octanol–water partition coefficient (Wildman–Crippen LogP) is 4.32. The third kappa shape index (κ3) is 2.87. The summed E-state index contributed by atoms with van der Waals surface area (Å²) in [7, 11) is 0. The summed E-state index contributed by atoms with van der Waals surface area (Å²) in [6, 6.07) is 6.90. The molecular formula is C14H22. The van der Waals surface area contributed by atoms with Crippen LogP contribution in [-0.2, 0) is 6.42 Å². The molecule has 0 atom stereocenters. The molecule has 0 aliphatic carbocycles. The summed E-state index contributed by atoms with van der Waals surface area (Å²) in [6.07, 6.45) is 1.19. The lowest BCUT2D eigenvalue weighted by molar-refractivity contribution is 0.646. The first-order valence-corrected chi connectivity index (χ1v) is 5.60. The fourth-order valence-electron chi connectivity index (χ4n) is 1.91. The van der Waals surface area contributed by atoms with E-state index in [9.17, 15) is 0 Å². The Bertz CT molecular complexity index is 295. The molecule has 0 radical (unpaired) electrons. The summed E-state index contributed by atoms with van der Waals surface area (Å²) in [5, 5.41) is 0. The van der Waals surface area contributed by atoms with Gasteiger partial charge < -0.3 is 0 Å². The zero-order valence-electron chi connectivity index (χ0n) is 10.1. The molecule has 1 rings (SSSR count). The van der Waals surface area contributed by atoms with E-state index in [1.54, 1.807) is 0 Å². The Hall–Kier alpha value is -0.780. The summed E-state index contributed by atoms with van der Waals surface area (Å²) in [6.45, 7) is 11.3. The molecule has 0 aliphatic rings. The standard InChI is InChI=1S/C14H22/c1-10(2)8-13-7-6-12(5)14(9-13)11(3)4/h6-7,9-11H,8H2,1-5H3. The Kier molecular flexibility index (Phi) is 3.74. The van der Waals surface area contributed by atoms with E-state index in [4.69, 9.17) is 0 Å². The Morgan fingerprint density at radius 3 is 2.21 bits per heavy atom. The Balaban J connectivity index is 2.94. The second-order valence-corrected chi connectivity index (χ2v) is 4.94. The molecule has 0 heterocycles. The largest absolute Gasteiger partial charge is 0.0625 e. The van der Waals surface area contributed by atoms with Gasteiger partial charge in [0, 0.05) is 0 Å². The van der Waals surface area contributed by atoms with E-state index in [1.165, 1.54) is 23.1 Å². The highest BCUT2D eigenvalue weighted by molar-refractivity contribution is 5.33. The van der Waals surface area contributed by atoms with Gasteiger partial charge in [0.2, 0.25) is 0 Å². The molecule has 0 saturated carbocycles. The highest BCUT2D eigenvalue weighted by Gasteiger charge is 2.05. The van der Waals surface area contributed by atoms with Gasteiger partial charge in [-0.1, -0.05) is 45.9 Å². The molecule has 78 valence electrons. The van der Waals surface area contributed by atoms with Gasteiger partial charge in [0.25, 0.3) is 0 Å². The Morgan fingerprint density at radius 2 is 1.71 bits per heavy atom. The van der Waals surface area contributed by atoms with E-state index >= 15 is 0 Å². The molecular weight excluding hydrogens is 168 g/mol. The van der Waals surface area contributed by atoms with E-state index in [1.807, 2.05) is 0 Å². The van der Waals surface area contributed by atoms with Gasteiger partial charge >= 0.3 is 0 Å². The van der Waals surface area contributed by atoms with Crippen LogP contribution in [0.1, 0.15) is 50.3 Å². The van der Waals surface area contributed by atoms with Crippen molar-refractivity contribution >= 4 is 0 Å². The van der Waals surface area contributed by atoms with E-state index in [-0.39, 0.29) is 0 Å². The molecule has 0 aromatic heterocycles. The topological polar surface area (TPSA) is 0 Å². The lowest BCUT2D eigenvalue weighted by Crippen LogP contribution is -1.98. The number of hydrogen-bond acceptors (Lipinski definition) is 0. The third-order valence-corrected chi connectivity index (χ3v) is 2.61. The molecule has 0 unspecified atom stereocenters. The van der Waals surface area contributed by atoms with Crippen LogP contribution < -0.4 is 0 Å². The first-order valence-electron chi connectivity index (χ1n) is 5.60. The molecule has 0 amide bonds. The summed E-state index contributed by atoms with van der Waals surface area (Å²) >= 11 is 0. The number of aryl methyl sites for hydroxylation is 1. The van der Waals surface area contributed by atoms with E-state index in [0.29, 0.717) is 5.92 Å². The van der Waals surface area contributed by atoms with Crippen LogP contribution in [0.5, 0.6) is 0 Å². The highest BCUT2D eigenvalue weighted by atomic mass is 14.1. The van der Waals surface area contributed by atoms with Crippen molar-refractivity contribution in [3.05, 3.63) is 34.9 Å². The Morgan fingerprint density at radius 1 is 1.07 bits per heavy atom. The minimum absolute atomic E-state index is 0.641. The lowest BCUT2D eigenvalue weighted by atomic mass is 9.93. The van der Waals surface area contributed by atoms with Crippen molar-refractivity contribution in [1.82, 2.24) is 0 Å². The average molecular weight is 190 g/mol. The number of benzene rings is 1. The fraction of sp³-hybridized carbons (Fsp3) is 0.571. The lowest BCUT2D eigenvalue weighted by Gasteiger charge is -2.13. The zero-order valence-corrected chi connectivity index (χ0v) is 10.1. The highest BCUT2D eigenvalue weighted by Crippen LogP contribution is 2.21. The van der Waals surface area contributed by atoms with Crippen molar-refractivity contribution in [1.29, 1.82) is 0 Å². The normalized spacial score (nSPS) is 11.4. The van der Waals surface area contributed by atoms with Gasteiger partial charge in [-0.15, -0.1) is 0 Å². The zero-order chi connectivity index (χ0) is 10.7. The first kappa shape index (κ1) is 11.3. The van der Waals surface area contributed by atoms with Gasteiger partial charge in [-0.3, -0.25) is 0 Å². The van der Waals surface area contributed by atoms with Gasteiger partial charge in [-0.2, -0.15) is 0 Å². The smallest absolute Gasteiger partial charge is 0.0216 e. The molecule has 0 heteroatoms. The fourth-order valence-corrected chi connectivity index (χ4v) is 1.91. The number of hydrogen-bond donors (Lipinski definition) is 0. The summed E-state index contributed by atoms with van der Waals surface area (Å²) in [5.41, 5.74) is 4.41. The maximum atomic E-state index is 2.38. The van der Waals surface area contributed by atoms with Crippen LogP contribution in [0.3, 0.4) is 0 Å². The van der Waals surface area contributed by atoms with Crippen LogP contribution in [0.4, 0.5) is 0 Å². The monoisotopic (exact) mass is 190 g/mol. The molecule has 0 nitrogen and oxygen atoms in total. The van der Waals surface area contributed by atoms with Crippen LogP contribution in [-0.4, -0.2) is 0 Å². The minimum atomic E-state index is 0.641. The van der Waals surface area contributed by atoms with Gasteiger partial charge in [0.1, 0.15) is 0 Å². The van der Waals surface area contributed by atoms with Crippen molar-refractivity contribution < 1.29 is 0 Å². The van der Waals surface area contributed by atoms with Crippen LogP contribution >= 0.6 is 0 Å². The molecule has 0 spiro atoms. The minimum Gasteiger partial charge on any atom is -0.0625 e. The van der Waals surface area contributed by atoms with Crippen LogP contribution in [0.15, 0.2) is 18.2 Å². The molecule has 14 heavy (non-hydrogen) atoms. The van der Waals surface area contributed by atoms with Crippen molar-refractivity contribution in [2.45, 2.75) is 47.0 Å². The predicted molar refractivity (Wildman–Crippen MR) is 63.8 cm³/mol. The maximum absolute atomic E-state index is 2.38. The molecule has 0 saturated heterocycles.